The Hall–Kier alpha value is -3.93. The molecule has 2 aromatic carbocycles. The molecule has 33 heavy (non-hydrogen) atoms. The number of imidazole rings is 1. The molecule has 0 fully saturated rings. The van der Waals surface area contributed by atoms with Crippen molar-refractivity contribution in [2.75, 3.05) is 6.61 Å². The van der Waals surface area contributed by atoms with Gasteiger partial charge in [-0.2, -0.15) is 23.7 Å². The molecule has 0 atom stereocenters. The molecule has 0 saturated carbocycles. The molecule has 0 aliphatic rings. The molecule has 0 spiro atoms. The Bertz CT molecular complexity index is 1400. The number of hydrogen-bond acceptors (Lipinski definition) is 7. The number of nitrogens with zero attached hydrogens (tertiary/aromatic N) is 5. The molecule has 4 aromatic rings. The Labute approximate surface area is 189 Å². The molecule has 11 heteroatoms. The number of thiazole rings is 1. The second kappa shape index (κ2) is 8.90. The number of nitriles is 2. The maximum atomic E-state index is 12.9. The van der Waals surface area contributed by atoms with Crippen molar-refractivity contribution in [3.8, 4) is 34.5 Å². The van der Waals surface area contributed by atoms with E-state index in [1.165, 1.54) is 10.6 Å². The maximum absolute atomic E-state index is 12.9. The zero-order valence-corrected chi connectivity index (χ0v) is 17.9. The lowest BCUT2D eigenvalue weighted by atomic mass is 10.2. The van der Waals surface area contributed by atoms with Gasteiger partial charge in [0, 0.05) is 12.2 Å². The molecule has 0 bridgehead atoms. The Morgan fingerprint density at radius 3 is 2.45 bits per heavy atom. The molecule has 0 saturated heterocycles. The van der Waals surface area contributed by atoms with Gasteiger partial charge in [-0.1, -0.05) is 11.3 Å². The van der Waals surface area contributed by atoms with Crippen molar-refractivity contribution in [1.82, 2.24) is 14.5 Å². The summed E-state index contributed by atoms with van der Waals surface area (Å²) >= 11 is 1.13. The highest BCUT2D eigenvalue weighted by Gasteiger charge is 2.30. The lowest BCUT2D eigenvalue weighted by Crippen LogP contribution is -2.06. The van der Waals surface area contributed by atoms with Crippen LogP contribution < -0.4 is 4.74 Å². The number of halogens is 3. The smallest absolute Gasteiger partial charge is 0.416 e. The molecular weight excluding hydrogens is 455 g/mol. The van der Waals surface area contributed by atoms with Crippen LogP contribution in [0.15, 0.2) is 42.5 Å². The summed E-state index contributed by atoms with van der Waals surface area (Å²) in [6.45, 7) is 2.29. The molecule has 0 N–H and O–H groups in total. The lowest BCUT2D eigenvalue weighted by Gasteiger charge is -2.09. The Morgan fingerprint density at radius 2 is 1.82 bits per heavy atom. The highest BCUT2D eigenvalue weighted by atomic mass is 32.1. The van der Waals surface area contributed by atoms with Gasteiger partial charge in [-0.05, 0) is 49.4 Å². The number of aromatic nitrogens is 3. The quantitative estimate of drug-likeness (QED) is 0.359. The zero-order chi connectivity index (χ0) is 23.6. The van der Waals surface area contributed by atoms with Crippen LogP contribution >= 0.6 is 11.3 Å². The van der Waals surface area contributed by atoms with Gasteiger partial charge in [-0.25, -0.2) is 9.97 Å². The number of hydrogen-bond donors (Lipinski definition) is 0. The third kappa shape index (κ3) is 4.51. The summed E-state index contributed by atoms with van der Waals surface area (Å²) in [6.07, 6.45) is -4.45. The highest BCUT2D eigenvalue weighted by Crippen LogP contribution is 2.36. The largest absolute Gasteiger partial charge is 0.431 e. The number of benzene rings is 2. The molecule has 0 aliphatic carbocycles. The first kappa shape index (κ1) is 22.3. The van der Waals surface area contributed by atoms with E-state index in [2.05, 4.69) is 9.97 Å². The first-order chi connectivity index (χ1) is 15.8. The van der Waals surface area contributed by atoms with Crippen LogP contribution in [-0.4, -0.2) is 21.1 Å². The molecule has 2 aromatic heterocycles. The Morgan fingerprint density at radius 1 is 1.06 bits per heavy atom. The molecular formula is C22H14F3N5O2S. The number of fused-ring (bicyclic) bond motifs is 1. The summed E-state index contributed by atoms with van der Waals surface area (Å²) in [6, 6.07) is 13.9. The number of ether oxygens (including phenoxy) is 2. The van der Waals surface area contributed by atoms with E-state index in [0.29, 0.717) is 28.4 Å². The summed E-state index contributed by atoms with van der Waals surface area (Å²) in [5.74, 6) is 0.806. The number of alkyl halides is 3. The van der Waals surface area contributed by atoms with Crippen molar-refractivity contribution in [2.45, 2.75) is 19.8 Å². The van der Waals surface area contributed by atoms with Crippen LogP contribution in [0.25, 0.3) is 21.6 Å². The average Bonchev–Trinajstić information content (AvgIpc) is 3.37. The van der Waals surface area contributed by atoms with Crippen LogP contribution in [-0.2, 0) is 17.6 Å². The predicted molar refractivity (Wildman–Crippen MR) is 113 cm³/mol. The monoisotopic (exact) mass is 469 g/mol. The maximum Gasteiger partial charge on any atom is 0.416 e. The normalized spacial score (nSPS) is 11.3. The third-order valence-corrected chi connectivity index (χ3v) is 5.53. The van der Waals surface area contributed by atoms with E-state index in [4.69, 9.17) is 9.47 Å². The van der Waals surface area contributed by atoms with Gasteiger partial charge in [-0.3, -0.25) is 4.57 Å². The second-order valence-corrected chi connectivity index (χ2v) is 7.69. The fraction of sp³-hybridized carbons (Fsp3) is 0.182. The van der Waals surface area contributed by atoms with Gasteiger partial charge in [0.2, 0.25) is 0 Å². The molecule has 4 rings (SSSR count). The predicted octanol–water partition coefficient (Wildman–Crippen LogP) is 5.71. The molecule has 0 amide bonds. The summed E-state index contributed by atoms with van der Waals surface area (Å²) < 4.78 is 51.9. The summed E-state index contributed by atoms with van der Waals surface area (Å²) in [4.78, 5) is 8.39. The van der Waals surface area contributed by atoms with Crippen LogP contribution in [0.2, 0.25) is 0 Å². The first-order valence-electron chi connectivity index (χ1n) is 9.58. The highest BCUT2D eigenvalue weighted by molar-refractivity contribution is 7.20. The Kier molecular flexibility index (Phi) is 6.01. The van der Waals surface area contributed by atoms with Gasteiger partial charge < -0.3 is 9.47 Å². The molecule has 166 valence electrons. The van der Waals surface area contributed by atoms with E-state index in [0.717, 1.165) is 23.5 Å². The third-order valence-electron chi connectivity index (χ3n) is 4.62. The van der Waals surface area contributed by atoms with E-state index in [-0.39, 0.29) is 28.8 Å². The Balaban J connectivity index is 1.60. The molecule has 0 aliphatic heterocycles. The fourth-order valence-corrected chi connectivity index (χ4v) is 3.89. The molecule has 0 unspecified atom stereocenters. The summed E-state index contributed by atoms with van der Waals surface area (Å²) in [7, 11) is 0. The van der Waals surface area contributed by atoms with Crippen LogP contribution in [0.4, 0.5) is 13.2 Å². The van der Waals surface area contributed by atoms with E-state index in [9.17, 15) is 23.7 Å². The summed E-state index contributed by atoms with van der Waals surface area (Å²) in [5, 5.41) is 18.9. The fourth-order valence-electron chi connectivity index (χ4n) is 3.07. The van der Waals surface area contributed by atoms with Crippen molar-refractivity contribution in [3.63, 3.8) is 0 Å². The SMILES string of the molecule is CCOCn1c(-c2ccc(Oc3nc4cc(C(F)(F)F)ccc4s3)cc2)nc(C#N)c1C#N. The first-order valence-corrected chi connectivity index (χ1v) is 10.4. The number of rotatable bonds is 6. The van der Waals surface area contributed by atoms with E-state index in [1.54, 1.807) is 24.3 Å². The minimum atomic E-state index is -4.45. The molecule has 0 radical (unpaired) electrons. The molecule has 7 nitrogen and oxygen atoms in total. The van der Waals surface area contributed by atoms with Crippen molar-refractivity contribution < 1.29 is 22.6 Å². The minimum absolute atomic E-state index is 0.000214. The van der Waals surface area contributed by atoms with Crippen LogP contribution in [0.5, 0.6) is 10.9 Å². The lowest BCUT2D eigenvalue weighted by molar-refractivity contribution is -0.137. The van der Waals surface area contributed by atoms with Gasteiger partial charge in [-0.15, -0.1) is 0 Å². The average molecular weight is 469 g/mol. The van der Waals surface area contributed by atoms with Gasteiger partial charge >= 0.3 is 6.18 Å². The van der Waals surface area contributed by atoms with Crippen LogP contribution in [0.3, 0.4) is 0 Å². The second-order valence-electron chi connectivity index (χ2n) is 6.69. The topological polar surface area (TPSA) is 96.8 Å². The standard InChI is InChI=1S/C22H14F3N5O2S/c1-2-31-12-30-18(11-27)17(10-26)28-20(30)13-3-6-15(7-4-13)32-21-29-16-9-14(22(23,24)25)5-8-19(16)33-21/h3-9H,2,12H2,1H3. The van der Waals surface area contributed by atoms with Gasteiger partial charge in [0.15, 0.2) is 11.4 Å². The van der Waals surface area contributed by atoms with Crippen molar-refractivity contribution in [3.05, 3.63) is 59.4 Å². The van der Waals surface area contributed by atoms with Crippen LogP contribution in [0, 0.1) is 22.7 Å². The van der Waals surface area contributed by atoms with Crippen molar-refractivity contribution in [1.29, 1.82) is 10.5 Å². The van der Waals surface area contributed by atoms with Crippen molar-refractivity contribution >= 4 is 21.6 Å². The van der Waals surface area contributed by atoms with Gasteiger partial charge in [0.1, 0.15) is 30.4 Å². The van der Waals surface area contributed by atoms with Gasteiger partial charge in [0.25, 0.3) is 5.19 Å². The van der Waals surface area contributed by atoms with E-state index >= 15 is 0 Å². The van der Waals surface area contributed by atoms with Gasteiger partial charge in [0.05, 0.1) is 15.8 Å². The van der Waals surface area contributed by atoms with Crippen molar-refractivity contribution in [2.24, 2.45) is 0 Å². The van der Waals surface area contributed by atoms with E-state index in [1.807, 2.05) is 19.1 Å². The zero-order valence-electron chi connectivity index (χ0n) is 17.1. The van der Waals surface area contributed by atoms with E-state index < -0.39 is 11.7 Å². The molecule has 2 heterocycles. The minimum Gasteiger partial charge on any atom is -0.431 e. The summed E-state index contributed by atoms with van der Waals surface area (Å²) in [5.41, 5.74) is 0.160. The van der Waals surface area contributed by atoms with Crippen LogP contribution in [0.1, 0.15) is 23.9 Å².